The molecule has 0 heterocycles. The zero-order valence-electron chi connectivity index (χ0n) is 13.2. The normalized spacial score (nSPS) is 12.6. The number of hydrogen-bond donors (Lipinski definition) is 1. The Labute approximate surface area is 133 Å². The van der Waals surface area contributed by atoms with E-state index < -0.39 is 0 Å². The highest BCUT2D eigenvalue weighted by molar-refractivity contribution is 7.99. The summed E-state index contributed by atoms with van der Waals surface area (Å²) in [6.45, 7) is 5.57. The maximum absolute atomic E-state index is 3.28. The highest BCUT2D eigenvalue weighted by Crippen LogP contribution is 2.40. The van der Waals surface area contributed by atoms with Crippen molar-refractivity contribution in [3.8, 4) is 0 Å². The van der Waals surface area contributed by atoms with Crippen LogP contribution >= 0.6 is 11.8 Å². The van der Waals surface area contributed by atoms with Crippen LogP contribution in [0.3, 0.4) is 0 Å². The van der Waals surface area contributed by atoms with E-state index in [1.165, 1.54) is 16.0 Å². The number of rotatable bonds is 7. The monoisotopic (exact) mass is 299 g/mol. The summed E-state index contributed by atoms with van der Waals surface area (Å²) in [4.78, 5) is 1.41. The second-order valence-corrected chi connectivity index (χ2v) is 6.85. The van der Waals surface area contributed by atoms with Crippen LogP contribution in [0.15, 0.2) is 59.5 Å². The molecule has 0 aromatic heterocycles. The highest BCUT2D eigenvalue weighted by atomic mass is 32.2. The third-order valence-electron chi connectivity index (χ3n) is 3.64. The Morgan fingerprint density at radius 2 is 1.62 bits per heavy atom. The van der Waals surface area contributed by atoms with Crippen LogP contribution in [0.4, 0.5) is 0 Å². The zero-order chi connectivity index (χ0) is 15.1. The summed E-state index contributed by atoms with van der Waals surface area (Å²) in [5.41, 5.74) is 2.86. The lowest BCUT2D eigenvalue weighted by Gasteiger charge is -2.20. The minimum atomic E-state index is 0.499. The molecule has 1 N–H and O–H groups in total. The third kappa shape index (κ3) is 4.62. The molecule has 21 heavy (non-hydrogen) atoms. The molecular formula is C19H25NS. The fraction of sp³-hybridized carbons (Fsp3) is 0.368. The van der Waals surface area contributed by atoms with Crippen molar-refractivity contribution in [3.05, 3.63) is 65.7 Å². The average Bonchev–Trinajstić information content (AvgIpc) is 2.52. The lowest BCUT2D eigenvalue weighted by molar-refractivity contribution is 0.714. The van der Waals surface area contributed by atoms with Gasteiger partial charge in [0, 0.05) is 10.1 Å². The quantitative estimate of drug-likeness (QED) is 0.700. The lowest BCUT2D eigenvalue weighted by atomic mass is 10.0. The van der Waals surface area contributed by atoms with E-state index in [2.05, 4.69) is 73.8 Å². The van der Waals surface area contributed by atoms with Crippen LogP contribution in [-0.4, -0.2) is 13.6 Å². The molecule has 0 fully saturated rings. The van der Waals surface area contributed by atoms with Gasteiger partial charge in [0.1, 0.15) is 0 Å². The van der Waals surface area contributed by atoms with Crippen LogP contribution in [0.1, 0.15) is 42.6 Å². The standard InChI is InChI=1S/C19H25NS/c1-15(2)17-11-7-8-12-19(17)21-18(13-14-20-3)16-9-5-4-6-10-16/h4-12,15,18,20H,13-14H2,1-3H3. The van der Waals surface area contributed by atoms with E-state index in [0.717, 1.165) is 13.0 Å². The Hall–Kier alpha value is -1.25. The van der Waals surface area contributed by atoms with Crippen molar-refractivity contribution in [1.82, 2.24) is 5.32 Å². The molecule has 0 bridgehead atoms. The second-order valence-electron chi connectivity index (χ2n) is 5.60. The van der Waals surface area contributed by atoms with Crippen LogP contribution in [-0.2, 0) is 0 Å². The van der Waals surface area contributed by atoms with Crippen molar-refractivity contribution in [2.75, 3.05) is 13.6 Å². The van der Waals surface area contributed by atoms with Gasteiger partial charge in [-0.05, 0) is 43.1 Å². The summed E-state index contributed by atoms with van der Waals surface area (Å²) in [5.74, 6) is 0.564. The Balaban J connectivity index is 2.23. The minimum absolute atomic E-state index is 0.499. The molecule has 0 radical (unpaired) electrons. The molecule has 0 aliphatic heterocycles. The van der Waals surface area contributed by atoms with Crippen LogP contribution in [0, 0.1) is 0 Å². The van der Waals surface area contributed by atoms with Crippen LogP contribution in [0.2, 0.25) is 0 Å². The van der Waals surface area contributed by atoms with Crippen molar-refractivity contribution in [1.29, 1.82) is 0 Å². The Bertz CT molecular complexity index is 536. The lowest BCUT2D eigenvalue weighted by Crippen LogP contribution is -2.11. The van der Waals surface area contributed by atoms with E-state index in [-0.39, 0.29) is 0 Å². The van der Waals surface area contributed by atoms with E-state index in [1.807, 2.05) is 18.8 Å². The van der Waals surface area contributed by atoms with Gasteiger partial charge in [0.2, 0.25) is 0 Å². The van der Waals surface area contributed by atoms with Crippen LogP contribution in [0.25, 0.3) is 0 Å². The van der Waals surface area contributed by atoms with Crippen molar-refractivity contribution >= 4 is 11.8 Å². The van der Waals surface area contributed by atoms with E-state index in [9.17, 15) is 0 Å². The predicted octanol–water partition coefficient (Wildman–Crippen LogP) is 5.25. The summed E-state index contributed by atoms with van der Waals surface area (Å²) in [5, 5.41) is 3.78. The van der Waals surface area contributed by atoms with Gasteiger partial charge in [0.05, 0.1) is 0 Å². The van der Waals surface area contributed by atoms with Crippen molar-refractivity contribution in [2.45, 2.75) is 36.3 Å². The van der Waals surface area contributed by atoms with Gasteiger partial charge < -0.3 is 5.32 Å². The SMILES string of the molecule is CNCCC(Sc1ccccc1C(C)C)c1ccccc1. The van der Waals surface area contributed by atoms with Crippen molar-refractivity contribution in [2.24, 2.45) is 0 Å². The van der Waals surface area contributed by atoms with Gasteiger partial charge in [-0.25, -0.2) is 0 Å². The number of thioether (sulfide) groups is 1. The van der Waals surface area contributed by atoms with Gasteiger partial charge in [-0.2, -0.15) is 0 Å². The highest BCUT2D eigenvalue weighted by Gasteiger charge is 2.15. The molecule has 0 saturated heterocycles. The van der Waals surface area contributed by atoms with E-state index in [0.29, 0.717) is 11.2 Å². The Morgan fingerprint density at radius 1 is 0.952 bits per heavy atom. The zero-order valence-corrected chi connectivity index (χ0v) is 14.0. The molecule has 2 aromatic carbocycles. The van der Waals surface area contributed by atoms with Crippen molar-refractivity contribution in [3.63, 3.8) is 0 Å². The molecule has 0 aliphatic rings. The first kappa shape index (κ1) is 16.1. The van der Waals surface area contributed by atoms with Crippen LogP contribution < -0.4 is 5.32 Å². The molecule has 112 valence electrons. The van der Waals surface area contributed by atoms with Gasteiger partial charge in [-0.3, -0.25) is 0 Å². The summed E-state index contributed by atoms with van der Waals surface area (Å²) < 4.78 is 0. The molecule has 2 rings (SSSR count). The molecule has 0 spiro atoms. The summed E-state index contributed by atoms with van der Waals surface area (Å²) in [6.07, 6.45) is 1.14. The largest absolute Gasteiger partial charge is 0.320 e. The van der Waals surface area contributed by atoms with Gasteiger partial charge >= 0.3 is 0 Å². The molecular weight excluding hydrogens is 274 g/mol. The van der Waals surface area contributed by atoms with Gasteiger partial charge in [0.25, 0.3) is 0 Å². The topological polar surface area (TPSA) is 12.0 Å². The molecule has 1 nitrogen and oxygen atoms in total. The number of nitrogens with one attached hydrogen (secondary N) is 1. The van der Waals surface area contributed by atoms with Gasteiger partial charge in [0.15, 0.2) is 0 Å². The third-order valence-corrected chi connectivity index (χ3v) is 5.06. The maximum Gasteiger partial charge on any atom is 0.0356 e. The molecule has 0 amide bonds. The summed E-state index contributed by atoms with van der Waals surface area (Å²) >= 11 is 2.00. The molecule has 0 aliphatic carbocycles. The predicted molar refractivity (Wildman–Crippen MR) is 94.1 cm³/mol. The van der Waals surface area contributed by atoms with E-state index in [4.69, 9.17) is 0 Å². The van der Waals surface area contributed by atoms with Gasteiger partial charge in [-0.1, -0.05) is 62.4 Å². The maximum atomic E-state index is 3.28. The molecule has 2 aromatic rings. The van der Waals surface area contributed by atoms with E-state index in [1.54, 1.807) is 0 Å². The number of hydrogen-bond acceptors (Lipinski definition) is 2. The first-order chi connectivity index (χ1) is 10.2. The first-order valence-electron chi connectivity index (χ1n) is 7.67. The molecule has 0 saturated carbocycles. The Morgan fingerprint density at radius 3 is 2.29 bits per heavy atom. The fourth-order valence-electron chi connectivity index (χ4n) is 2.45. The minimum Gasteiger partial charge on any atom is -0.320 e. The van der Waals surface area contributed by atoms with Gasteiger partial charge in [-0.15, -0.1) is 11.8 Å². The molecule has 2 heteroatoms. The first-order valence-corrected chi connectivity index (χ1v) is 8.55. The van der Waals surface area contributed by atoms with Crippen LogP contribution in [0.5, 0.6) is 0 Å². The fourth-order valence-corrected chi connectivity index (χ4v) is 3.89. The smallest absolute Gasteiger partial charge is 0.0356 e. The van der Waals surface area contributed by atoms with E-state index >= 15 is 0 Å². The molecule has 1 unspecified atom stereocenters. The average molecular weight is 299 g/mol. The molecule has 1 atom stereocenters. The Kier molecular flexibility index (Phi) is 6.34. The number of benzene rings is 2. The summed E-state index contributed by atoms with van der Waals surface area (Å²) in [7, 11) is 2.02. The summed E-state index contributed by atoms with van der Waals surface area (Å²) in [6, 6.07) is 19.6. The van der Waals surface area contributed by atoms with Crippen molar-refractivity contribution < 1.29 is 0 Å². The second kappa shape index (κ2) is 8.26.